The summed E-state index contributed by atoms with van der Waals surface area (Å²) in [7, 11) is 2.18. The lowest BCUT2D eigenvalue weighted by molar-refractivity contribution is 0.299. The zero-order valence-electron chi connectivity index (χ0n) is 10.1. The van der Waals surface area contributed by atoms with Gasteiger partial charge in [0.25, 0.3) is 0 Å². The van der Waals surface area contributed by atoms with Crippen LogP contribution in [0.3, 0.4) is 0 Å². The minimum Gasteiger partial charge on any atom is -0.329 e. The molecule has 2 atom stereocenters. The van der Waals surface area contributed by atoms with Gasteiger partial charge in [0.2, 0.25) is 0 Å². The van der Waals surface area contributed by atoms with Crippen LogP contribution in [0.25, 0.3) is 0 Å². The summed E-state index contributed by atoms with van der Waals surface area (Å²) in [5, 5.41) is 5.77. The number of nitrogens with two attached hydrogens (primary N) is 1. The number of likely N-dealkylation sites (N-methyl/N-ethyl adjacent to an activating group) is 1. The summed E-state index contributed by atoms with van der Waals surface area (Å²) in [5.74, 6) is 0. The van der Waals surface area contributed by atoms with Crippen molar-refractivity contribution in [2.24, 2.45) is 5.73 Å². The lowest BCUT2D eigenvalue weighted by atomic mass is 9.96. The van der Waals surface area contributed by atoms with Crippen molar-refractivity contribution in [3.05, 3.63) is 22.4 Å². The van der Waals surface area contributed by atoms with Gasteiger partial charge in [-0.05, 0) is 31.8 Å². The average Bonchev–Trinajstić information content (AvgIpc) is 2.86. The molecule has 1 aromatic rings. The van der Waals surface area contributed by atoms with Crippen molar-refractivity contribution < 1.29 is 0 Å². The molecule has 1 saturated heterocycles. The predicted octanol–water partition coefficient (Wildman–Crippen LogP) is 1.26. The molecular formula is C12H21N3S. The van der Waals surface area contributed by atoms with Crippen LogP contribution in [0.2, 0.25) is 0 Å². The van der Waals surface area contributed by atoms with E-state index in [-0.39, 0.29) is 5.54 Å². The summed E-state index contributed by atoms with van der Waals surface area (Å²) in [6.07, 6.45) is 1.14. The molecule has 2 rings (SSSR count). The van der Waals surface area contributed by atoms with E-state index < -0.39 is 0 Å². The normalized spacial score (nSPS) is 31.1. The van der Waals surface area contributed by atoms with Crippen molar-refractivity contribution in [3.8, 4) is 0 Å². The Kier molecular flexibility index (Phi) is 3.64. The van der Waals surface area contributed by atoms with E-state index in [1.807, 2.05) is 0 Å². The summed E-state index contributed by atoms with van der Waals surface area (Å²) in [5.41, 5.74) is 6.06. The molecule has 0 bridgehead atoms. The van der Waals surface area contributed by atoms with E-state index in [0.29, 0.717) is 12.6 Å². The maximum Gasteiger partial charge on any atom is 0.0450 e. The van der Waals surface area contributed by atoms with Gasteiger partial charge in [-0.15, -0.1) is 11.3 Å². The maximum absolute atomic E-state index is 5.95. The molecule has 2 heterocycles. The molecule has 0 spiro atoms. The Labute approximate surface area is 102 Å². The van der Waals surface area contributed by atoms with Crippen LogP contribution in [-0.2, 0) is 6.54 Å². The van der Waals surface area contributed by atoms with Crippen molar-refractivity contribution in [1.82, 2.24) is 10.2 Å². The van der Waals surface area contributed by atoms with E-state index in [4.69, 9.17) is 5.73 Å². The number of rotatable bonds is 4. The summed E-state index contributed by atoms with van der Waals surface area (Å²) in [6, 6.07) is 4.89. The largest absolute Gasteiger partial charge is 0.329 e. The standard InChI is InChI=1S/C12H21N3S/c1-10-6-12(8-13,9-15(10)2)14-7-11-4-3-5-16-11/h3-5,10,14H,6-9,13H2,1-2H3. The molecule has 90 valence electrons. The predicted molar refractivity (Wildman–Crippen MR) is 69.7 cm³/mol. The Morgan fingerprint density at radius 1 is 1.69 bits per heavy atom. The van der Waals surface area contributed by atoms with Gasteiger partial charge < -0.3 is 16.0 Å². The van der Waals surface area contributed by atoms with Crippen molar-refractivity contribution in [2.45, 2.75) is 31.5 Å². The van der Waals surface area contributed by atoms with Gasteiger partial charge in [0, 0.05) is 36.1 Å². The quantitative estimate of drug-likeness (QED) is 0.831. The molecule has 0 radical (unpaired) electrons. The van der Waals surface area contributed by atoms with E-state index in [2.05, 4.69) is 41.7 Å². The molecular weight excluding hydrogens is 218 g/mol. The van der Waals surface area contributed by atoms with Gasteiger partial charge in [-0.3, -0.25) is 0 Å². The Hall–Kier alpha value is -0.420. The Morgan fingerprint density at radius 3 is 3.00 bits per heavy atom. The second-order valence-electron chi connectivity index (χ2n) is 4.89. The number of hydrogen-bond donors (Lipinski definition) is 2. The average molecular weight is 239 g/mol. The van der Waals surface area contributed by atoms with Gasteiger partial charge in [-0.25, -0.2) is 0 Å². The summed E-state index contributed by atoms with van der Waals surface area (Å²) >= 11 is 1.80. The van der Waals surface area contributed by atoms with Gasteiger partial charge >= 0.3 is 0 Å². The molecule has 1 fully saturated rings. The highest BCUT2D eigenvalue weighted by atomic mass is 32.1. The SMILES string of the molecule is CC1CC(CN)(NCc2cccs2)CN1C. The fourth-order valence-electron chi connectivity index (χ4n) is 2.46. The number of nitrogens with zero attached hydrogens (tertiary/aromatic N) is 1. The Bertz CT molecular complexity index is 313. The van der Waals surface area contributed by atoms with Gasteiger partial charge in [-0.2, -0.15) is 0 Å². The van der Waals surface area contributed by atoms with E-state index in [9.17, 15) is 0 Å². The highest BCUT2D eigenvalue weighted by Crippen LogP contribution is 2.25. The smallest absolute Gasteiger partial charge is 0.0450 e. The van der Waals surface area contributed by atoms with Crippen LogP contribution in [0.1, 0.15) is 18.2 Å². The van der Waals surface area contributed by atoms with E-state index >= 15 is 0 Å². The second-order valence-corrected chi connectivity index (χ2v) is 5.92. The van der Waals surface area contributed by atoms with Crippen LogP contribution in [-0.4, -0.2) is 36.6 Å². The fourth-order valence-corrected chi connectivity index (χ4v) is 3.10. The van der Waals surface area contributed by atoms with Gasteiger partial charge in [0.1, 0.15) is 0 Å². The number of nitrogens with one attached hydrogen (secondary N) is 1. The third-order valence-electron chi connectivity index (χ3n) is 3.60. The molecule has 16 heavy (non-hydrogen) atoms. The molecule has 0 amide bonds. The van der Waals surface area contributed by atoms with Crippen LogP contribution in [0, 0.1) is 0 Å². The third-order valence-corrected chi connectivity index (χ3v) is 4.48. The fraction of sp³-hybridized carbons (Fsp3) is 0.667. The van der Waals surface area contributed by atoms with Crippen molar-refractivity contribution in [3.63, 3.8) is 0 Å². The molecule has 1 aliphatic rings. The highest BCUT2D eigenvalue weighted by molar-refractivity contribution is 7.09. The minimum absolute atomic E-state index is 0.109. The Balaban J connectivity index is 1.95. The summed E-state index contributed by atoms with van der Waals surface area (Å²) in [4.78, 5) is 3.77. The minimum atomic E-state index is 0.109. The van der Waals surface area contributed by atoms with Gasteiger partial charge in [0.05, 0.1) is 0 Å². The van der Waals surface area contributed by atoms with E-state index in [0.717, 1.165) is 19.5 Å². The van der Waals surface area contributed by atoms with Crippen LogP contribution in [0.4, 0.5) is 0 Å². The maximum atomic E-state index is 5.95. The van der Waals surface area contributed by atoms with Crippen LogP contribution in [0.15, 0.2) is 17.5 Å². The topological polar surface area (TPSA) is 41.3 Å². The first kappa shape index (κ1) is 12.0. The molecule has 1 aliphatic heterocycles. The lowest BCUT2D eigenvalue weighted by Crippen LogP contribution is -2.52. The van der Waals surface area contributed by atoms with Crippen LogP contribution in [0.5, 0.6) is 0 Å². The zero-order valence-corrected chi connectivity index (χ0v) is 10.9. The van der Waals surface area contributed by atoms with Crippen molar-refractivity contribution >= 4 is 11.3 Å². The van der Waals surface area contributed by atoms with Crippen molar-refractivity contribution in [2.75, 3.05) is 20.1 Å². The zero-order chi connectivity index (χ0) is 11.6. The molecule has 4 heteroatoms. The summed E-state index contributed by atoms with van der Waals surface area (Å²) in [6.45, 7) is 4.97. The molecule has 1 aromatic heterocycles. The first-order chi connectivity index (χ1) is 7.65. The van der Waals surface area contributed by atoms with Gasteiger partial charge in [0.15, 0.2) is 0 Å². The number of hydrogen-bond acceptors (Lipinski definition) is 4. The first-order valence-corrected chi connectivity index (χ1v) is 6.71. The van der Waals surface area contributed by atoms with E-state index in [1.165, 1.54) is 4.88 Å². The number of thiophene rings is 1. The van der Waals surface area contributed by atoms with Gasteiger partial charge in [-0.1, -0.05) is 6.07 Å². The molecule has 0 aromatic carbocycles. The highest BCUT2D eigenvalue weighted by Gasteiger charge is 2.39. The molecule has 0 saturated carbocycles. The third kappa shape index (κ3) is 2.46. The molecule has 3 N–H and O–H groups in total. The summed E-state index contributed by atoms with van der Waals surface area (Å²) < 4.78 is 0. The number of likely N-dealkylation sites (tertiary alicyclic amines) is 1. The van der Waals surface area contributed by atoms with Crippen LogP contribution < -0.4 is 11.1 Å². The van der Waals surface area contributed by atoms with Crippen molar-refractivity contribution in [1.29, 1.82) is 0 Å². The lowest BCUT2D eigenvalue weighted by Gasteiger charge is -2.28. The molecule has 0 aliphatic carbocycles. The Morgan fingerprint density at radius 2 is 2.50 bits per heavy atom. The van der Waals surface area contributed by atoms with Crippen LogP contribution >= 0.6 is 11.3 Å². The molecule has 2 unspecified atom stereocenters. The molecule has 3 nitrogen and oxygen atoms in total. The first-order valence-electron chi connectivity index (χ1n) is 5.83. The second kappa shape index (κ2) is 4.84. The monoisotopic (exact) mass is 239 g/mol. The van der Waals surface area contributed by atoms with E-state index in [1.54, 1.807) is 11.3 Å².